The van der Waals surface area contributed by atoms with Gasteiger partial charge < -0.3 is 5.32 Å². The van der Waals surface area contributed by atoms with Gasteiger partial charge in [0.1, 0.15) is 0 Å². The van der Waals surface area contributed by atoms with Crippen LogP contribution >= 0.6 is 0 Å². The van der Waals surface area contributed by atoms with Gasteiger partial charge in [-0.3, -0.25) is 4.90 Å². The number of carbonyl (C=O) groups is 1. The zero-order chi connectivity index (χ0) is 16.8. The number of rotatable bonds is 7. The Morgan fingerprint density at radius 1 is 1.18 bits per heavy atom. The number of hydrogen-bond acceptors (Lipinski definition) is 4. The van der Waals surface area contributed by atoms with E-state index >= 15 is 0 Å². The van der Waals surface area contributed by atoms with E-state index in [4.69, 9.17) is 0 Å². The van der Waals surface area contributed by atoms with Crippen LogP contribution in [0, 0.1) is 6.92 Å². The molecule has 0 aromatic heterocycles. The standard InChI is InChI=1S/C15H25N3O3S/c1-5-18(6-2)13(4)11-16-15(19)17-22(20,21)14-9-7-12(3)8-10-14/h7-10,13H,5-6,11H2,1-4H3,(H2,16,17,19). The van der Waals surface area contributed by atoms with Crippen LogP contribution in [0.5, 0.6) is 0 Å². The van der Waals surface area contributed by atoms with Crippen molar-refractivity contribution in [2.24, 2.45) is 0 Å². The summed E-state index contributed by atoms with van der Waals surface area (Å²) in [5, 5.41) is 2.60. The SMILES string of the molecule is CCN(CC)C(C)CNC(=O)NS(=O)(=O)c1ccc(C)cc1. The zero-order valence-corrected chi connectivity index (χ0v) is 14.4. The average molecular weight is 327 g/mol. The molecule has 2 amide bonds. The van der Waals surface area contributed by atoms with E-state index < -0.39 is 16.1 Å². The summed E-state index contributed by atoms with van der Waals surface area (Å²) in [5.74, 6) is 0. The Labute approximate surface area is 132 Å². The van der Waals surface area contributed by atoms with Crippen LogP contribution in [0.25, 0.3) is 0 Å². The van der Waals surface area contributed by atoms with Crippen LogP contribution in [0.2, 0.25) is 0 Å². The molecular formula is C15H25N3O3S. The Morgan fingerprint density at radius 3 is 2.23 bits per heavy atom. The van der Waals surface area contributed by atoms with Crippen molar-refractivity contribution in [2.45, 2.75) is 38.6 Å². The quantitative estimate of drug-likeness (QED) is 0.799. The van der Waals surface area contributed by atoms with Gasteiger partial charge in [-0.25, -0.2) is 17.9 Å². The van der Waals surface area contributed by atoms with E-state index in [0.29, 0.717) is 6.54 Å². The highest BCUT2D eigenvalue weighted by molar-refractivity contribution is 7.90. The molecule has 0 radical (unpaired) electrons. The lowest BCUT2D eigenvalue weighted by atomic mass is 10.2. The fraction of sp³-hybridized carbons (Fsp3) is 0.533. The predicted octanol–water partition coefficient (Wildman–Crippen LogP) is 1.71. The van der Waals surface area contributed by atoms with Crippen molar-refractivity contribution in [3.63, 3.8) is 0 Å². The maximum Gasteiger partial charge on any atom is 0.328 e. The highest BCUT2D eigenvalue weighted by Crippen LogP contribution is 2.09. The minimum absolute atomic E-state index is 0.0741. The van der Waals surface area contributed by atoms with E-state index in [1.807, 2.05) is 32.4 Å². The van der Waals surface area contributed by atoms with Crippen LogP contribution < -0.4 is 10.0 Å². The lowest BCUT2D eigenvalue weighted by Crippen LogP contribution is -2.46. The minimum Gasteiger partial charge on any atom is -0.336 e. The fourth-order valence-corrected chi connectivity index (χ4v) is 3.08. The third-order valence-electron chi connectivity index (χ3n) is 3.55. The van der Waals surface area contributed by atoms with Gasteiger partial charge in [-0.2, -0.15) is 0 Å². The van der Waals surface area contributed by atoms with Crippen LogP contribution in [0.4, 0.5) is 4.79 Å². The molecule has 0 bridgehead atoms. The third kappa shape index (κ3) is 5.31. The molecule has 0 saturated heterocycles. The van der Waals surface area contributed by atoms with Crippen molar-refractivity contribution in [3.05, 3.63) is 29.8 Å². The van der Waals surface area contributed by atoms with Gasteiger partial charge in [-0.15, -0.1) is 0 Å². The molecule has 1 aromatic rings. The smallest absolute Gasteiger partial charge is 0.328 e. The monoisotopic (exact) mass is 327 g/mol. The van der Waals surface area contributed by atoms with Gasteiger partial charge in [-0.1, -0.05) is 31.5 Å². The lowest BCUT2D eigenvalue weighted by Gasteiger charge is -2.26. The number of amides is 2. The first-order valence-corrected chi connectivity index (χ1v) is 8.89. The number of hydrogen-bond donors (Lipinski definition) is 2. The molecule has 1 atom stereocenters. The van der Waals surface area contributed by atoms with Crippen LogP contribution in [-0.2, 0) is 10.0 Å². The Kier molecular flexibility index (Phi) is 6.83. The lowest BCUT2D eigenvalue weighted by molar-refractivity contribution is 0.217. The number of urea groups is 1. The normalized spacial score (nSPS) is 13.0. The molecule has 1 aromatic carbocycles. The predicted molar refractivity (Wildman–Crippen MR) is 87.3 cm³/mol. The molecule has 1 rings (SSSR count). The van der Waals surface area contributed by atoms with Gasteiger partial charge in [0.2, 0.25) is 0 Å². The molecule has 6 nitrogen and oxygen atoms in total. The highest BCUT2D eigenvalue weighted by Gasteiger charge is 2.18. The zero-order valence-electron chi connectivity index (χ0n) is 13.6. The Bertz CT molecular complexity index is 581. The molecule has 0 aliphatic rings. The topological polar surface area (TPSA) is 78.5 Å². The summed E-state index contributed by atoms with van der Waals surface area (Å²) in [7, 11) is -3.83. The van der Waals surface area contributed by atoms with E-state index in [1.54, 1.807) is 12.1 Å². The molecule has 22 heavy (non-hydrogen) atoms. The number of carbonyl (C=O) groups excluding carboxylic acids is 1. The molecular weight excluding hydrogens is 302 g/mol. The Balaban J connectivity index is 2.59. The maximum atomic E-state index is 12.1. The minimum atomic E-state index is -3.83. The second kappa shape index (κ2) is 8.14. The Hall–Kier alpha value is -1.60. The van der Waals surface area contributed by atoms with Crippen molar-refractivity contribution in [1.29, 1.82) is 0 Å². The summed E-state index contributed by atoms with van der Waals surface area (Å²) in [6.07, 6.45) is 0. The summed E-state index contributed by atoms with van der Waals surface area (Å²) in [4.78, 5) is 14.0. The first kappa shape index (κ1) is 18.4. The molecule has 0 fully saturated rings. The molecule has 0 aliphatic carbocycles. The fourth-order valence-electron chi connectivity index (χ4n) is 2.15. The summed E-state index contributed by atoms with van der Waals surface area (Å²) in [6, 6.07) is 5.76. The highest BCUT2D eigenvalue weighted by atomic mass is 32.2. The molecule has 2 N–H and O–H groups in total. The van der Waals surface area contributed by atoms with Crippen molar-refractivity contribution in [1.82, 2.24) is 14.9 Å². The second-order valence-corrected chi connectivity index (χ2v) is 6.88. The number of aryl methyl sites for hydroxylation is 1. The first-order valence-electron chi connectivity index (χ1n) is 7.41. The van der Waals surface area contributed by atoms with Gasteiger partial charge in [0.05, 0.1) is 4.90 Å². The van der Waals surface area contributed by atoms with Gasteiger partial charge in [-0.05, 0) is 39.1 Å². The number of nitrogens with zero attached hydrogens (tertiary/aromatic N) is 1. The molecule has 0 spiro atoms. The number of sulfonamides is 1. The number of nitrogens with one attached hydrogen (secondary N) is 2. The molecule has 124 valence electrons. The number of likely N-dealkylation sites (N-methyl/N-ethyl adjacent to an activating group) is 1. The van der Waals surface area contributed by atoms with E-state index in [2.05, 4.69) is 10.2 Å². The van der Waals surface area contributed by atoms with Crippen molar-refractivity contribution < 1.29 is 13.2 Å². The summed E-state index contributed by atoms with van der Waals surface area (Å²) in [5.41, 5.74) is 0.955. The Morgan fingerprint density at radius 2 is 1.73 bits per heavy atom. The van der Waals surface area contributed by atoms with Crippen molar-refractivity contribution >= 4 is 16.1 Å². The molecule has 7 heteroatoms. The van der Waals surface area contributed by atoms with Crippen LogP contribution in [0.3, 0.4) is 0 Å². The molecule has 0 saturated carbocycles. The summed E-state index contributed by atoms with van der Waals surface area (Å²) in [6.45, 7) is 10.1. The van der Waals surface area contributed by atoms with E-state index in [0.717, 1.165) is 18.7 Å². The van der Waals surface area contributed by atoms with Crippen LogP contribution in [-0.4, -0.2) is 45.0 Å². The van der Waals surface area contributed by atoms with Gasteiger partial charge in [0.25, 0.3) is 10.0 Å². The van der Waals surface area contributed by atoms with E-state index in [1.165, 1.54) is 12.1 Å². The summed E-state index contributed by atoms with van der Waals surface area (Å²) >= 11 is 0. The van der Waals surface area contributed by atoms with Gasteiger partial charge in [0, 0.05) is 12.6 Å². The van der Waals surface area contributed by atoms with Crippen LogP contribution in [0.15, 0.2) is 29.2 Å². The molecule has 0 heterocycles. The van der Waals surface area contributed by atoms with Crippen molar-refractivity contribution in [2.75, 3.05) is 19.6 Å². The molecule has 0 aliphatic heterocycles. The van der Waals surface area contributed by atoms with E-state index in [9.17, 15) is 13.2 Å². The first-order chi connectivity index (χ1) is 10.3. The van der Waals surface area contributed by atoms with Gasteiger partial charge >= 0.3 is 6.03 Å². The van der Waals surface area contributed by atoms with E-state index in [-0.39, 0.29) is 10.9 Å². The van der Waals surface area contributed by atoms with Crippen LogP contribution in [0.1, 0.15) is 26.3 Å². The second-order valence-electron chi connectivity index (χ2n) is 5.20. The third-order valence-corrected chi connectivity index (χ3v) is 4.90. The van der Waals surface area contributed by atoms with Gasteiger partial charge in [0.15, 0.2) is 0 Å². The molecule has 1 unspecified atom stereocenters. The van der Waals surface area contributed by atoms with Crippen molar-refractivity contribution in [3.8, 4) is 0 Å². The number of benzene rings is 1. The maximum absolute atomic E-state index is 12.1. The summed E-state index contributed by atoms with van der Waals surface area (Å²) < 4.78 is 26.2. The average Bonchev–Trinajstić information content (AvgIpc) is 2.46. The largest absolute Gasteiger partial charge is 0.336 e.